The molecule has 3 aromatic carbocycles. The summed E-state index contributed by atoms with van der Waals surface area (Å²) in [4.78, 5) is 29.2. The summed E-state index contributed by atoms with van der Waals surface area (Å²) in [5, 5.41) is 3.10. The number of methoxy groups -OCH3 is 2. The topological polar surface area (TPSA) is 86.3 Å². The lowest BCUT2D eigenvalue weighted by atomic mass is 9.75. The molecule has 6 rings (SSSR count). The molecule has 0 aliphatic carbocycles. The Kier molecular flexibility index (Phi) is 5.44. The third kappa shape index (κ3) is 3.52. The molecule has 0 fully saturated rings. The van der Waals surface area contributed by atoms with Crippen LogP contribution in [-0.2, 0) is 17.8 Å². The third-order valence-electron chi connectivity index (χ3n) is 7.21. The molecule has 0 aromatic heterocycles. The minimum Gasteiger partial charge on any atom is -0.493 e. The van der Waals surface area contributed by atoms with Crippen molar-refractivity contribution in [3.8, 4) is 23.0 Å². The zero-order valence-corrected chi connectivity index (χ0v) is 20.1. The molecule has 2 amide bonds. The molecule has 0 unspecified atom stereocenters. The van der Waals surface area contributed by atoms with Gasteiger partial charge < -0.3 is 29.2 Å². The first kappa shape index (κ1) is 22.3. The van der Waals surface area contributed by atoms with Gasteiger partial charge in [-0.25, -0.2) is 0 Å². The number of nitrogens with one attached hydrogen (secondary N) is 1. The lowest BCUT2D eigenvalue weighted by Crippen LogP contribution is -2.50. The number of benzene rings is 3. The van der Waals surface area contributed by atoms with Gasteiger partial charge in [-0.05, 0) is 59.0 Å². The van der Waals surface area contributed by atoms with Crippen LogP contribution in [0.4, 0.5) is 0 Å². The van der Waals surface area contributed by atoms with Gasteiger partial charge in [0.05, 0.1) is 26.2 Å². The molecule has 0 radical (unpaired) electrons. The average molecular weight is 487 g/mol. The number of hydrogen-bond donors (Lipinski definition) is 1. The maximum Gasteiger partial charge on any atom is 0.254 e. The molecule has 3 aliphatic rings. The molecule has 184 valence electrons. The van der Waals surface area contributed by atoms with Crippen LogP contribution >= 0.6 is 0 Å². The van der Waals surface area contributed by atoms with Crippen LogP contribution in [0.5, 0.6) is 23.0 Å². The number of amides is 2. The highest BCUT2D eigenvalue weighted by Crippen LogP contribution is 2.48. The maximum absolute atomic E-state index is 13.9. The predicted octanol–water partition coefficient (Wildman–Crippen LogP) is 3.59. The van der Waals surface area contributed by atoms with Crippen LogP contribution in [0.2, 0.25) is 0 Å². The Balaban J connectivity index is 1.39. The standard InChI is InChI=1S/C28H26N2O6/c1-33-22-12-17-9-10-30-26(20(17)13-23(22)34-2)25(18-5-3-4-6-19(18)28(30)32)27(31)29-14-16-7-8-21-24(11-16)36-15-35-21/h3-8,11-13,25-26H,9-10,14-15H2,1-2H3,(H,29,31)/t25-,26+/m1/s1. The summed E-state index contributed by atoms with van der Waals surface area (Å²) in [6.07, 6.45) is 0.672. The van der Waals surface area contributed by atoms with Crippen LogP contribution in [0, 0.1) is 0 Å². The quantitative estimate of drug-likeness (QED) is 0.593. The number of carbonyl (C=O) groups is 2. The molecular weight excluding hydrogens is 460 g/mol. The molecule has 3 heterocycles. The summed E-state index contributed by atoms with van der Waals surface area (Å²) < 4.78 is 21.9. The highest BCUT2D eigenvalue weighted by Gasteiger charge is 2.46. The molecule has 36 heavy (non-hydrogen) atoms. The summed E-state index contributed by atoms with van der Waals surface area (Å²) >= 11 is 0. The number of rotatable bonds is 5. The summed E-state index contributed by atoms with van der Waals surface area (Å²) in [6, 6.07) is 16.4. The van der Waals surface area contributed by atoms with Crippen LogP contribution in [-0.4, -0.2) is 44.3 Å². The van der Waals surface area contributed by atoms with Crippen molar-refractivity contribution in [1.82, 2.24) is 10.2 Å². The van der Waals surface area contributed by atoms with Crippen molar-refractivity contribution in [2.24, 2.45) is 0 Å². The molecule has 0 spiro atoms. The van der Waals surface area contributed by atoms with Gasteiger partial charge in [0.2, 0.25) is 12.7 Å². The van der Waals surface area contributed by atoms with Crippen molar-refractivity contribution in [3.05, 3.63) is 82.4 Å². The van der Waals surface area contributed by atoms with Crippen LogP contribution in [0.25, 0.3) is 0 Å². The third-order valence-corrected chi connectivity index (χ3v) is 7.21. The number of carbonyl (C=O) groups excluding carboxylic acids is 2. The van der Waals surface area contributed by atoms with Gasteiger partial charge in [0, 0.05) is 18.7 Å². The van der Waals surface area contributed by atoms with E-state index < -0.39 is 12.0 Å². The lowest BCUT2D eigenvalue weighted by Gasteiger charge is -2.45. The van der Waals surface area contributed by atoms with E-state index in [0.717, 1.165) is 22.3 Å². The van der Waals surface area contributed by atoms with Crippen LogP contribution in [0.15, 0.2) is 54.6 Å². The van der Waals surface area contributed by atoms with Crippen molar-refractivity contribution in [2.75, 3.05) is 27.6 Å². The van der Waals surface area contributed by atoms with Crippen molar-refractivity contribution in [1.29, 1.82) is 0 Å². The van der Waals surface area contributed by atoms with Crippen molar-refractivity contribution in [3.63, 3.8) is 0 Å². The largest absolute Gasteiger partial charge is 0.493 e. The van der Waals surface area contributed by atoms with Gasteiger partial charge in [-0.15, -0.1) is 0 Å². The fourth-order valence-electron chi connectivity index (χ4n) is 5.49. The number of fused-ring (bicyclic) bond motifs is 5. The molecule has 0 saturated heterocycles. The number of ether oxygens (including phenoxy) is 4. The molecule has 0 bridgehead atoms. The first-order valence-electron chi connectivity index (χ1n) is 11.9. The smallest absolute Gasteiger partial charge is 0.254 e. The second kappa shape index (κ2) is 8.78. The SMILES string of the molecule is COc1cc2c(cc1OC)[C@H]1[C@H](C(=O)NCc3ccc4c(c3)OCO4)c3ccccc3C(=O)N1CC2. The van der Waals surface area contributed by atoms with Gasteiger partial charge in [-0.3, -0.25) is 9.59 Å². The van der Waals surface area contributed by atoms with Crippen molar-refractivity contribution >= 4 is 11.8 Å². The monoisotopic (exact) mass is 486 g/mol. The summed E-state index contributed by atoms with van der Waals surface area (Å²) in [7, 11) is 3.19. The Bertz CT molecular complexity index is 1370. The molecule has 8 heteroatoms. The van der Waals surface area contributed by atoms with E-state index in [0.29, 0.717) is 48.1 Å². The molecule has 8 nitrogen and oxygen atoms in total. The van der Waals surface area contributed by atoms with E-state index in [1.807, 2.05) is 53.4 Å². The molecule has 3 aliphatic heterocycles. The van der Waals surface area contributed by atoms with Crippen molar-refractivity contribution < 1.29 is 28.5 Å². The van der Waals surface area contributed by atoms with Crippen molar-refractivity contribution in [2.45, 2.75) is 24.9 Å². The minimum absolute atomic E-state index is 0.0594. The van der Waals surface area contributed by atoms with Crippen LogP contribution in [0.3, 0.4) is 0 Å². The van der Waals surface area contributed by atoms with E-state index in [9.17, 15) is 9.59 Å². The molecule has 3 aromatic rings. The van der Waals surface area contributed by atoms with Gasteiger partial charge in [-0.1, -0.05) is 24.3 Å². The molecule has 0 saturated carbocycles. The van der Waals surface area contributed by atoms with Gasteiger partial charge >= 0.3 is 0 Å². The van der Waals surface area contributed by atoms with E-state index in [-0.39, 0.29) is 18.6 Å². The lowest BCUT2D eigenvalue weighted by molar-refractivity contribution is -0.124. The van der Waals surface area contributed by atoms with Gasteiger partial charge in [-0.2, -0.15) is 0 Å². The number of hydrogen-bond acceptors (Lipinski definition) is 6. The van der Waals surface area contributed by atoms with Crippen LogP contribution < -0.4 is 24.3 Å². The zero-order valence-electron chi connectivity index (χ0n) is 20.1. The molecule has 2 atom stereocenters. The average Bonchev–Trinajstić information content (AvgIpc) is 3.39. The Hall–Kier alpha value is -4.20. The van der Waals surface area contributed by atoms with E-state index in [1.54, 1.807) is 20.3 Å². The highest BCUT2D eigenvalue weighted by atomic mass is 16.7. The molecule has 1 N–H and O–H groups in total. The van der Waals surface area contributed by atoms with Gasteiger partial charge in [0.15, 0.2) is 23.0 Å². The normalized spacial score (nSPS) is 19.2. The predicted molar refractivity (Wildman–Crippen MR) is 131 cm³/mol. The molecular formula is C28H26N2O6. The van der Waals surface area contributed by atoms with Gasteiger partial charge in [0.25, 0.3) is 5.91 Å². The first-order chi connectivity index (χ1) is 17.6. The highest BCUT2D eigenvalue weighted by molar-refractivity contribution is 6.01. The summed E-state index contributed by atoms with van der Waals surface area (Å²) in [5.74, 6) is 1.79. The van der Waals surface area contributed by atoms with E-state index >= 15 is 0 Å². The Morgan fingerprint density at radius 1 is 1.00 bits per heavy atom. The Morgan fingerprint density at radius 3 is 2.61 bits per heavy atom. The summed E-state index contributed by atoms with van der Waals surface area (Å²) in [5.41, 5.74) is 4.16. The Morgan fingerprint density at radius 2 is 1.78 bits per heavy atom. The Labute approximate surface area is 208 Å². The second-order valence-electron chi connectivity index (χ2n) is 9.07. The van der Waals surface area contributed by atoms with Gasteiger partial charge in [0.1, 0.15) is 0 Å². The van der Waals surface area contributed by atoms with E-state index in [1.165, 1.54) is 0 Å². The first-order valence-corrected chi connectivity index (χ1v) is 11.9. The number of nitrogens with zero attached hydrogens (tertiary/aromatic N) is 1. The second-order valence-corrected chi connectivity index (χ2v) is 9.07. The zero-order chi connectivity index (χ0) is 24.8. The summed E-state index contributed by atoms with van der Waals surface area (Å²) in [6.45, 7) is 1.04. The van der Waals surface area contributed by atoms with E-state index in [4.69, 9.17) is 18.9 Å². The minimum atomic E-state index is -0.579. The fourth-order valence-corrected chi connectivity index (χ4v) is 5.49. The van der Waals surface area contributed by atoms with E-state index in [2.05, 4.69) is 5.32 Å². The van der Waals surface area contributed by atoms with Crippen LogP contribution in [0.1, 0.15) is 44.6 Å². The maximum atomic E-state index is 13.9. The fraction of sp³-hybridized carbons (Fsp3) is 0.286.